The SMILES string of the molecule is CC(C)(C)OC(=O)N1C2=CC[C@H]1CN(c1ccc(N=O)nc1)C(=O)C2. The van der Waals surface area contributed by atoms with Crippen LogP contribution in [0.5, 0.6) is 0 Å². The van der Waals surface area contributed by atoms with Crippen LogP contribution in [0.4, 0.5) is 16.3 Å². The van der Waals surface area contributed by atoms with Crippen molar-refractivity contribution < 1.29 is 14.3 Å². The lowest BCUT2D eigenvalue weighted by atomic mass is 10.1. The molecule has 1 aromatic heterocycles. The highest BCUT2D eigenvalue weighted by Crippen LogP contribution is 2.33. The highest BCUT2D eigenvalue weighted by Gasteiger charge is 2.40. The third-order valence-corrected chi connectivity index (χ3v) is 4.05. The number of hydrogen-bond acceptors (Lipinski definition) is 6. The van der Waals surface area contributed by atoms with Crippen molar-refractivity contribution in [2.45, 2.75) is 45.3 Å². The first-order valence-corrected chi connectivity index (χ1v) is 8.09. The fourth-order valence-corrected chi connectivity index (χ4v) is 3.01. The monoisotopic (exact) mass is 344 g/mol. The van der Waals surface area contributed by atoms with Gasteiger partial charge in [-0.3, -0.25) is 9.69 Å². The molecular formula is C17H20N4O4. The van der Waals surface area contributed by atoms with Gasteiger partial charge in [0.25, 0.3) is 0 Å². The summed E-state index contributed by atoms with van der Waals surface area (Å²) in [6.07, 6.45) is 3.71. The standard InChI is InChI=1S/C17H20N4O4/c1-17(2,3)25-16(23)21-11-4-5-13(21)10-20(15(22)8-11)12-6-7-14(19-24)18-9-12/h4,6-7,9,13H,5,8,10H2,1-3H3/t13-/m0/s1. The number of aromatic nitrogens is 1. The minimum Gasteiger partial charge on any atom is -0.443 e. The maximum Gasteiger partial charge on any atom is 0.414 e. The maximum absolute atomic E-state index is 12.6. The van der Waals surface area contributed by atoms with Gasteiger partial charge in [0.15, 0.2) is 5.82 Å². The molecule has 25 heavy (non-hydrogen) atoms. The predicted octanol–water partition coefficient (Wildman–Crippen LogP) is 3.11. The lowest BCUT2D eigenvalue weighted by Crippen LogP contribution is -2.43. The quantitative estimate of drug-likeness (QED) is 0.769. The van der Waals surface area contributed by atoms with Crippen LogP contribution in [0.25, 0.3) is 0 Å². The van der Waals surface area contributed by atoms with Gasteiger partial charge in [-0.15, -0.1) is 4.91 Å². The lowest BCUT2D eigenvalue weighted by Gasteiger charge is -2.30. The van der Waals surface area contributed by atoms with Crippen LogP contribution in [-0.4, -0.2) is 40.1 Å². The Morgan fingerprint density at radius 1 is 1.36 bits per heavy atom. The van der Waals surface area contributed by atoms with Crippen LogP contribution in [0, 0.1) is 4.91 Å². The van der Waals surface area contributed by atoms with E-state index < -0.39 is 11.7 Å². The molecule has 3 rings (SSSR count). The number of rotatable bonds is 2. The fraction of sp³-hybridized carbons (Fsp3) is 0.471. The Kier molecular flexibility index (Phi) is 4.28. The molecule has 8 heteroatoms. The van der Waals surface area contributed by atoms with Gasteiger partial charge >= 0.3 is 6.09 Å². The van der Waals surface area contributed by atoms with E-state index in [-0.39, 0.29) is 24.2 Å². The van der Waals surface area contributed by atoms with Crippen molar-refractivity contribution in [3.8, 4) is 0 Å². The third-order valence-electron chi connectivity index (χ3n) is 4.05. The second-order valence-electron chi connectivity index (χ2n) is 7.08. The first kappa shape index (κ1) is 17.1. The molecule has 132 valence electrons. The molecule has 0 radical (unpaired) electrons. The zero-order valence-electron chi connectivity index (χ0n) is 14.4. The Morgan fingerprint density at radius 2 is 2.12 bits per heavy atom. The number of fused-ring (bicyclic) bond motifs is 2. The molecule has 0 N–H and O–H groups in total. The second-order valence-corrected chi connectivity index (χ2v) is 7.08. The summed E-state index contributed by atoms with van der Waals surface area (Å²) in [6.45, 7) is 5.77. The van der Waals surface area contributed by atoms with E-state index in [0.717, 1.165) is 0 Å². The highest BCUT2D eigenvalue weighted by atomic mass is 16.6. The van der Waals surface area contributed by atoms with Crippen LogP contribution in [0.3, 0.4) is 0 Å². The molecular weight excluding hydrogens is 324 g/mol. The van der Waals surface area contributed by atoms with Crippen LogP contribution >= 0.6 is 0 Å². The molecule has 2 aliphatic heterocycles. The maximum atomic E-state index is 12.6. The van der Waals surface area contributed by atoms with E-state index in [2.05, 4.69) is 10.2 Å². The van der Waals surface area contributed by atoms with Crippen molar-refractivity contribution in [1.29, 1.82) is 0 Å². The Balaban J connectivity index is 1.83. The molecule has 8 nitrogen and oxygen atoms in total. The summed E-state index contributed by atoms with van der Waals surface area (Å²) in [5.74, 6) is -0.0683. The summed E-state index contributed by atoms with van der Waals surface area (Å²) in [4.78, 5) is 42.7. The van der Waals surface area contributed by atoms with Gasteiger partial charge in [0, 0.05) is 12.2 Å². The van der Waals surface area contributed by atoms with E-state index in [4.69, 9.17) is 4.74 Å². The van der Waals surface area contributed by atoms with Gasteiger partial charge in [0.05, 0.1) is 24.3 Å². The van der Waals surface area contributed by atoms with E-state index in [0.29, 0.717) is 24.4 Å². The fourth-order valence-electron chi connectivity index (χ4n) is 3.01. The molecule has 0 spiro atoms. The van der Waals surface area contributed by atoms with E-state index in [1.54, 1.807) is 15.9 Å². The van der Waals surface area contributed by atoms with Crippen molar-refractivity contribution >= 4 is 23.5 Å². The zero-order chi connectivity index (χ0) is 18.2. The number of nitroso groups, excluding NO2 is 1. The average Bonchev–Trinajstić information content (AvgIpc) is 2.86. The van der Waals surface area contributed by atoms with E-state index in [1.165, 1.54) is 12.3 Å². The Bertz CT molecular complexity index is 736. The molecule has 1 atom stereocenters. The number of anilines is 1. The first-order chi connectivity index (χ1) is 11.8. The number of nitrogens with zero attached hydrogens (tertiary/aromatic N) is 4. The summed E-state index contributed by atoms with van der Waals surface area (Å²) < 4.78 is 5.48. The van der Waals surface area contributed by atoms with Crippen molar-refractivity contribution in [3.63, 3.8) is 0 Å². The number of carbonyl (C=O) groups is 2. The highest BCUT2D eigenvalue weighted by molar-refractivity contribution is 5.96. The van der Waals surface area contributed by atoms with Crippen LogP contribution in [0.15, 0.2) is 35.3 Å². The number of ether oxygens (including phenoxy) is 1. The normalized spacial score (nSPS) is 20.2. The summed E-state index contributed by atoms with van der Waals surface area (Å²) in [5.41, 5.74) is 0.648. The van der Waals surface area contributed by atoms with Crippen molar-refractivity contribution in [3.05, 3.63) is 35.0 Å². The largest absolute Gasteiger partial charge is 0.443 e. The van der Waals surface area contributed by atoms with Gasteiger partial charge in [-0.25, -0.2) is 9.78 Å². The number of carbonyl (C=O) groups excluding carboxylic acids is 2. The smallest absolute Gasteiger partial charge is 0.414 e. The summed E-state index contributed by atoms with van der Waals surface area (Å²) in [7, 11) is 0. The molecule has 0 aromatic carbocycles. The molecule has 3 heterocycles. The third kappa shape index (κ3) is 3.52. The van der Waals surface area contributed by atoms with Crippen molar-refractivity contribution in [1.82, 2.24) is 9.88 Å². The van der Waals surface area contributed by atoms with Crippen molar-refractivity contribution in [2.75, 3.05) is 11.4 Å². The van der Waals surface area contributed by atoms with Crippen LogP contribution < -0.4 is 4.90 Å². The molecule has 2 bridgehead atoms. The van der Waals surface area contributed by atoms with Gasteiger partial charge in [0.2, 0.25) is 5.91 Å². The number of pyridine rings is 1. The van der Waals surface area contributed by atoms with E-state index >= 15 is 0 Å². The molecule has 1 aromatic rings. The molecule has 1 fully saturated rings. The molecule has 2 amide bonds. The molecule has 0 aliphatic carbocycles. The Morgan fingerprint density at radius 3 is 2.72 bits per heavy atom. The summed E-state index contributed by atoms with van der Waals surface area (Å²) in [5, 5.41) is 2.76. The number of amides is 2. The molecule has 2 aliphatic rings. The minimum atomic E-state index is -0.603. The topological polar surface area (TPSA) is 92.2 Å². The Hall–Kier alpha value is -2.77. The van der Waals surface area contributed by atoms with E-state index in [1.807, 2.05) is 26.8 Å². The van der Waals surface area contributed by atoms with Gasteiger partial charge < -0.3 is 9.64 Å². The van der Waals surface area contributed by atoms with Crippen LogP contribution in [0.1, 0.15) is 33.6 Å². The predicted molar refractivity (Wildman–Crippen MR) is 91.2 cm³/mol. The number of hydrogen-bond donors (Lipinski definition) is 0. The van der Waals surface area contributed by atoms with E-state index in [9.17, 15) is 14.5 Å². The molecule has 1 saturated heterocycles. The van der Waals surface area contributed by atoms with Crippen LogP contribution in [0.2, 0.25) is 0 Å². The van der Waals surface area contributed by atoms with Crippen molar-refractivity contribution in [2.24, 2.45) is 5.18 Å². The minimum absolute atomic E-state index is 0.0608. The molecule has 0 unspecified atom stereocenters. The van der Waals surface area contributed by atoms with Gasteiger partial charge in [-0.2, -0.15) is 0 Å². The van der Waals surface area contributed by atoms with Crippen LogP contribution in [-0.2, 0) is 9.53 Å². The van der Waals surface area contributed by atoms with Gasteiger partial charge in [-0.1, -0.05) is 6.08 Å². The average molecular weight is 344 g/mol. The summed E-state index contributed by atoms with van der Waals surface area (Å²) in [6, 6.07) is 2.91. The lowest BCUT2D eigenvalue weighted by molar-refractivity contribution is -0.117. The first-order valence-electron chi connectivity index (χ1n) is 8.09. The zero-order valence-corrected chi connectivity index (χ0v) is 14.4. The van der Waals surface area contributed by atoms with Gasteiger partial charge in [0.1, 0.15) is 5.60 Å². The molecule has 0 saturated carbocycles. The Labute approximate surface area is 145 Å². The van der Waals surface area contributed by atoms with Gasteiger partial charge in [-0.05, 0) is 44.5 Å². The summed E-state index contributed by atoms with van der Waals surface area (Å²) >= 11 is 0. The second kappa shape index (κ2) is 6.27.